The Hall–Kier alpha value is -1.10. The van der Waals surface area contributed by atoms with Gasteiger partial charge in [-0.25, -0.2) is 0 Å². The summed E-state index contributed by atoms with van der Waals surface area (Å²) in [6.07, 6.45) is 1.33. The topological polar surface area (TPSA) is 72.7 Å². The van der Waals surface area contributed by atoms with Crippen molar-refractivity contribution < 1.29 is 15.3 Å². The van der Waals surface area contributed by atoms with Crippen LogP contribution in [0.2, 0.25) is 0 Å². The minimum absolute atomic E-state index is 0.0488. The van der Waals surface area contributed by atoms with E-state index in [0.29, 0.717) is 24.9 Å². The van der Waals surface area contributed by atoms with E-state index in [1.54, 1.807) is 24.3 Å². The summed E-state index contributed by atoms with van der Waals surface area (Å²) in [6, 6.07) is 6.69. The van der Waals surface area contributed by atoms with Gasteiger partial charge in [0.05, 0.1) is 11.7 Å². The monoisotopic (exact) mass is 251 g/mol. The molecular weight excluding hydrogens is 230 g/mol. The average Bonchev–Trinajstić information content (AvgIpc) is 2.33. The lowest BCUT2D eigenvalue weighted by Crippen LogP contribution is -2.46. The van der Waals surface area contributed by atoms with Crippen molar-refractivity contribution in [2.75, 3.05) is 13.6 Å². The predicted molar refractivity (Wildman–Crippen MR) is 69.3 cm³/mol. The van der Waals surface area contributed by atoms with Crippen LogP contribution in [0.15, 0.2) is 24.3 Å². The summed E-state index contributed by atoms with van der Waals surface area (Å²) in [5.74, 6) is 0.192. The van der Waals surface area contributed by atoms with Crippen LogP contribution in [-0.4, -0.2) is 35.0 Å². The lowest BCUT2D eigenvalue weighted by molar-refractivity contribution is -0.0926. The first-order valence-electron chi connectivity index (χ1n) is 6.41. The summed E-state index contributed by atoms with van der Waals surface area (Å²) in [6.45, 7) is 0.693. The van der Waals surface area contributed by atoms with E-state index in [1.807, 2.05) is 7.05 Å². The minimum atomic E-state index is -1.07. The van der Waals surface area contributed by atoms with Crippen LogP contribution in [0.4, 0.5) is 0 Å². The van der Waals surface area contributed by atoms with Gasteiger partial charge in [0.15, 0.2) is 0 Å². The molecule has 0 spiro atoms. The Labute approximate surface area is 107 Å². The number of nitrogens with one attached hydrogen (secondary N) is 1. The number of hydrogen-bond donors (Lipinski definition) is 4. The summed E-state index contributed by atoms with van der Waals surface area (Å²) in [5.41, 5.74) is -0.388. The number of phenols is 1. The molecule has 1 fully saturated rings. The molecule has 4 N–H and O–H groups in total. The molecule has 0 aromatic heterocycles. The third-order valence-corrected chi connectivity index (χ3v) is 3.87. The summed E-state index contributed by atoms with van der Waals surface area (Å²) < 4.78 is 0. The van der Waals surface area contributed by atoms with Gasteiger partial charge in [-0.1, -0.05) is 12.1 Å². The first kappa shape index (κ1) is 13.3. The van der Waals surface area contributed by atoms with E-state index in [4.69, 9.17) is 0 Å². The molecule has 0 aliphatic heterocycles. The number of hydrogen-bond acceptors (Lipinski definition) is 4. The Bertz CT molecular complexity index is 410. The van der Waals surface area contributed by atoms with Crippen molar-refractivity contribution in [2.24, 2.45) is 5.92 Å². The van der Waals surface area contributed by atoms with Crippen molar-refractivity contribution >= 4 is 0 Å². The van der Waals surface area contributed by atoms with Gasteiger partial charge in [-0.15, -0.1) is 0 Å². The number of aromatic hydroxyl groups is 1. The molecule has 3 atom stereocenters. The summed E-state index contributed by atoms with van der Waals surface area (Å²) in [4.78, 5) is 0. The van der Waals surface area contributed by atoms with Gasteiger partial charge in [-0.3, -0.25) is 0 Å². The van der Waals surface area contributed by atoms with Gasteiger partial charge >= 0.3 is 0 Å². The smallest absolute Gasteiger partial charge is 0.115 e. The van der Waals surface area contributed by atoms with Crippen LogP contribution in [0.5, 0.6) is 5.75 Å². The summed E-state index contributed by atoms with van der Waals surface area (Å²) in [7, 11) is 1.86. The van der Waals surface area contributed by atoms with Crippen molar-refractivity contribution in [2.45, 2.75) is 31.0 Å². The number of rotatable bonds is 3. The fraction of sp³-hybridized carbons (Fsp3) is 0.571. The molecule has 1 aliphatic carbocycles. The normalized spacial score (nSPS) is 32.4. The highest BCUT2D eigenvalue weighted by atomic mass is 16.3. The Morgan fingerprint density at radius 1 is 1.39 bits per heavy atom. The third kappa shape index (κ3) is 2.51. The Morgan fingerprint density at radius 2 is 2.17 bits per heavy atom. The highest BCUT2D eigenvalue weighted by molar-refractivity contribution is 5.32. The molecule has 4 nitrogen and oxygen atoms in total. The second kappa shape index (κ2) is 5.26. The molecule has 0 unspecified atom stereocenters. The first-order chi connectivity index (χ1) is 8.56. The molecule has 2 rings (SSSR count). The molecule has 1 aromatic carbocycles. The van der Waals surface area contributed by atoms with Gasteiger partial charge in [0.1, 0.15) is 5.75 Å². The van der Waals surface area contributed by atoms with E-state index in [-0.39, 0.29) is 11.7 Å². The minimum Gasteiger partial charge on any atom is -0.508 e. The van der Waals surface area contributed by atoms with Crippen LogP contribution in [0.25, 0.3) is 0 Å². The molecule has 1 saturated carbocycles. The van der Waals surface area contributed by atoms with Gasteiger partial charge in [-0.2, -0.15) is 0 Å². The van der Waals surface area contributed by atoms with Gasteiger partial charge in [0.2, 0.25) is 0 Å². The Balaban J connectivity index is 2.33. The Morgan fingerprint density at radius 3 is 2.83 bits per heavy atom. The summed E-state index contributed by atoms with van der Waals surface area (Å²) >= 11 is 0. The van der Waals surface area contributed by atoms with Crippen molar-refractivity contribution in [1.29, 1.82) is 0 Å². The van der Waals surface area contributed by atoms with Crippen LogP contribution >= 0.6 is 0 Å². The molecule has 0 heterocycles. The highest BCUT2D eigenvalue weighted by Gasteiger charge is 2.43. The largest absolute Gasteiger partial charge is 0.508 e. The fourth-order valence-electron chi connectivity index (χ4n) is 2.91. The average molecular weight is 251 g/mol. The van der Waals surface area contributed by atoms with E-state index < -0.39 is 11.7 Å². The Kier molecular flexibility index (Phi) is 3.90. The van der Waals surface area contributed by atoms with E-state index >= 15 is 0 Å². The van der Waals surface area contributed by atoms with Gasteiger partial charge < -0.3 is 20.6 Å². The van der Waals surface area contributed by atoms with Crippen molar-refractivity contribution in [3.8, 4) is 5.75 Å². The van der Waals surface area contributed by atoms with E-state index in [9.17, 15) is 15.3 Å². The lowest BCUT2D eigenvalue weighted by atomic mass is 9.70. The maximum atomic E-state index is 10.9. The standard InChI is InChI=1S/C14H21NO3/c1-15-9-11-5-6-13(17)8-14(11,18)10-3-2-4-12(16)7-10/h2-4,7,11,13,15-18H,5-6,8-9H2,1H3/t11-,13-,14+/m1/s1. The lowest BCUT2D eigenvalue weighted by Gasteiger charge is -2.42. The maximum Gasteiger partial charge on any atom is 0.115 e. The molecule has 0 radical (unpaired) electrons. The molecular formula is C14H21NO3. The molecule has 100 valence electrons. The van der Waals surface area contributed by atoms with Crippen LogP contribution in [0, 0.1) is 5.92 Å². The van der Waals surface area contributed by atoms with Gasteiger partial charge in [-0.05, 0) is 37.6 Å². The second-order valence-corrected chi connectivity index (χ2v) is 5.16. The SMILES string of the molecule is CNC[C@H]1CC[C@@H](O)C[C@]1(O)c1cccc(O)c1. The second-order valence-electron chi connectivity index (χ2n) is 5.16. The van der Waals surface area contributed by atoms with Crippen molar-refractivity contribution in [1.82, 2.24) is 5.32 Å². The first-order valence-corrected chi connectivity index (χ1v) is 6.41. The molecule has 4 heteroatoms. The zero-order chi connectivity index (χ0) is 13.2. The van der Waals surface area contributed by atoms with Gasteiger partial charge in [0, 0.05) is 18.9 Å². The fourth-order valence-corrected chi connectivity index (χ4v) is 2.91. The zero-order valence-electron chi connectivity index (χ0n) is 10.6. The highest BCUT2D eigenvalue weighted by Crippen LogP contribution is 2.42. The molecule has 1 aromatic rings. The predicted octanol–water partition coefficient (Wildman–Crippen LogP) is 0.960. The molecule has 0 saturated heterocycles. The van der Waals surface area contributed by atoms with Crippen molar-refractivity contribution in [3.05, 3.63) is 29.8 Å². The summed E-state index contributed by atoms with van der Waals surface area (Å²) in [5, 5.41) is 33.4. The number of aliphatic hydroxyl groups excluding tert-OH is 1. The van der Waals surface area contributed by atoms with Crippen LogP contribution in [0.1, 0.15) is 24.8 Å². The maximum absolute atomic E-state index is 10.9. The van der Waals surface area contributed by atoms with Crippen LogP contribution < -0.4 is 5.32 Å². The van der Waals surface area contributed by atoms with Crippen LogP contribution in [0.3, 0.4) is 0 Å². The van der Waals surface area contributed by atoms with Crippen LogP contribution in [-0.2, 0) is 5.60 Å². The number of aliphatic hydroxyl groups is 2. The number of benzene rings is 1. The van der Waals surface area contributed by atoms with Crippen molar-refractivity contribution in [3.63, 3.8) is 0 Å². The van der Waals surface area contributed by atoms with Gasteiger partial charge in [0.25, 0.3) is 0 Å². The zero-order valence-corrected chi connectivity index (χ0v) is 10.6. The molecule has 18 heavy (non-hydrogen) atoms. The van der Waals surface area contributed by atoms with E-state index in [2.05, 4.69) is 5.32 Å². The molecule has 0 amide bonds. The third-order valence-electron chi connectivity index (χ3n) is 3.87. The quantitative estimate of drug-likeness (QED) is 0.645. The molecule has 1 aliphatic rings. The molecule has 0 bridgehead atoms. The van der Waals surface area contributed by atoms with E-state index in [1.165, 1.54) is 0 Å². The van der Waals surface area contributed by atoms with E-state index in [0.717, 1.165) is 6.42 Å². The number of phenolic OH excluding ortho intramolecular Hbond substituents is 1.